The van der Waals surface area contributed by atoms with Crippen molar-refractivity contribution in [1.82, 2.24) is 14.5 Å². The zero-order valence-corrected chi connectivity index (χ0v) is 8.81. The van der Waals surface area contributed by atoms with Gasteiger partial charge in [0.2, 0.25) is 0 Å². The number of carbonyl (C=O) groups is 1. The molecule has 1 aromatic heterocycles. The molecule has 0 fully saturated rings. The third-order valence-electron chi connectivity index (χ3n) is 1.65. The molecule has 16 heavy (non-hydrogen) atoms. The van der Waals surface area contributed by atoms with Gasteiger partial charge in [-0.3, -0.25) is 9.48 Å². The zero-order chi connectivity index (χ0) is 12.2. The lowest BCUT2D eigenvalue weighted by atomic mass is 10.4. The molecular formula is C7H8N4O4S. The third-order valence-corrected chi connectivity index (χ3v) is 2.85. The summed E-state index contributed by atoms with van der Waals surface area (Å²) in [4.78, 5) is 10.1. The second kappa shape index (κ2) is 4.63. The normalized spacial score (nSPS) is 10.7. The van der Waals surface area contributed by atoms with Gasteiger partial charge in [-0.1, -0.05) is 0 Å². The Morgan fingerprint density at radius 1 is 1.69 bits per heavy atom. The summed E-state index contributed by atoms with van der Waals surface area (Å²) < 4.78 is 25.4. The van der Waals surface area contributed by atoms with Crippen molar-refractivity contribution in [2.24, 2.45) is 0 Å². The maximum absolute atomic E-state index is 11.3. The van der Waals surface area contributed by atoms with Gasteiger partial charge in [-0.25, -0.2) is 13.1 Å². The monoisotopic (exact) mass is 244 g/mol. The maximum atomic E-state index is 11.3. The molecule has 0 bridgehead atoms. The summed E-state index contributed by atoms with van der Waals surface area (Å²) in [5, 5.41) is 20.3. The molecule has 0 atom stereocenters. The van der Waals surface area contributed by atoms with Crippen molar-refractivity contribution in [2.45, 2.75) is 17.9 Å². The van der Waals surface area contributed by atoms with Crippen LogP contribution in [0.4, 0.5) is 0 Å². The molecule has 0 aliphatic heterocycles. The maximum Gasteiger partial charge on any atom is 0.305 e. The van der Waals surface area contributed by atoms with Crippen LogP contribution in [0, 0.1) is 11.5 Å². The van der Waals surface area contributed by atoms with Gasteiger partial charge in [0.25, 0.3) is 10.0 Å². The molecular weight excluding hydrogens is 236 g/mol. The Morgan fingerprint density at radius 3 is 2.94 bits per heavy atom. The van der Waals surface area contributed by atoms with Crippen LogP contribution < -0.4 is 4.72 Å². The first-order chi connectivity index (χ1) is 7.45. The van der Waals surface area contributed by atoms with E-state index in [-0.39, 0.29) is 17.9 Å². The number of nitrogens with one attached hydrogen (secondary N) is 1. The quantitative estimate of drug-likeness (QED) is 0.511. The van der Waals surface area contributed by atoms with Gasteiger partial charge < -0.3 is 5.11 Å². The van der Waals surface area contributed by atoms with Crippen molar-refractivity contribution in [1.29, 1.82) is 5.26 Å². The first-order valence-electron chi connectivity index (χ1n) is 4.11. The molecule has 0 unspecified atom stereocenters. The number of aromatic nitrogens is 2. The van der Waals surface area contributed by atoms with Crippen molar-refractivity contribution < 1.29 is 18.3 Å². The van der Waals surface area contributed by atoms with Gasteiger partial charge >= 0.3 is 5.97 Å². The Morgan fingerprint density at radius 2 is 2.38 bits per heavy atom. The van der Waals surface area contributed by atoms with Crippen molar-refractivity contribution in [3.05, 3.63) is 12.4 Å². The summed E-state index contributed by atoms with van der Waals surface area (Å²) in [6, 6.07) is 0. The SMILES string of the molecule is N#CNS(=O)(=O)c1cnn(CCC(=O)O)c1. The highest BCUT2D eigenvalue weighted by molar-refractivity contribution is 7.89. The first-order valence-corrected chi connectivity index (χ1v) is 5.59. The number of carboxylic acid groups (broad SMARTS) is 1. The van der Waals surface area contributed by atoms with Gasteiger partial charge in [-0.05, 0) is 0 Å². The minimum absolute atomic E-state index is 0.0669. The second-order valence-corrected chi connectivity index (χ2v) is 4.48. The van der Waals surface area contributed by atoms with E-state index in [0.717, 1.165) is 12.4 Å². The van der Waals surface area contributed by atoms with Crippen LogP contribution in [0.15, 0.2) is 17.3 Å². The Balaban J connectivity index is 2.80. The molecule has 0 aliphatic rings. The van der Waals surface area contributed by atoms with Gasteiger partial charge in [-0.2, -0.15) is 10.4 Å². The van der Waals surface area contributed by atoms with Crippen LogP contribution in [0.25, 0.3) is 0 Å². The summed E-state index contributed by atoms with van der Waals surface area (Å²) in [5.41, 5.74) is 0. The molecule has 1 aromatic rings. The number of hydrogen-bond acceptors (Lipinski definition) is 5. The molecule has 1 rings (SSSR count). The number of sulfonamides is 1. The van der Waals surface area contributed by atoms with Crippen LogP contribution in [0.5, 0.6) is 0 Å². The number of hydrogen-bond donors (Lipinski definition) is 2. The van der Waals surface area contributed by atoms with E-state index in [4.69, 9.17) is 10.4 Å². The topological polar surface area (TPSA) is 125 Å². The van der Waals surface area contributed by atoms with Gasteiger partial charge in [0.05, 0.1) is 19.2 Å². The molecule has 0 radical (unpaired) electrons. The fraction of sp³-hybridized carbons (Fsp3) is 0.286. The lowest BCUT2D eigenvalue weighted by molar-refractivity contribution is -0.137. The molecule has 9 heteroatoms. The van der Waals surface area contributed by atoms with Crippen LogP contribution in [-0.2, 0) is 21.4 Å². The molecule has 0 saturated heterocycles. The molecule has 2 N–H and O–H groups in total. The lowest BCUT2D eigenvalue weighted by Gasteiger charge is -1.97. The molecule has 0 aliphatic carbocycles. The van der Waals surface area contributed by atoms with E-state index < -0.39 is 16.0 Å². The molecule has 0 spiro atoms. The summed E-state index contributed by atoms with van der Waals surface area (Å²) in [6.45, 7) is 0.0669. The Bertz CT molecular complexity index is 527. The van der Waals surface area contributed by atoms with Crippen molar-refractivity contribution >= 4 is 16.0 Å². The Kier molecular flexibility index (Phi) is 3.47. The third kappa shape index (κ3) is 2.96. The highest BCUT2D eigenvalue weighted by Crippen LogP contribution is 2.06. The van der Waals surface area contributed by atoms with Gasteiger partial charge in [0.1, 0.15) is 4.90 Å². The van der Waals surface area contributed by atoms with E-state index in [9.17, 15) is 13.2 Å². The Labute approximate surface area is 91.2 Å². The number of nitriles is 1. The average Bonchev–Trinajstić information content (AvgIpc) is 2.63. The van der Waals surface area contributed by atoms with E-state index in [0.29, 0.717) is 0 Å². The number of aryl methyl sites for hydroxylation is 1. The van der Waals surface area contributed by atoms with Crippen molar-refractivity contribution in [3.8, 4) is 6.19 Å². The highest BCUT2D eigenvalue weighted by atomic mass is 32.2. The minimum atomic E-state index is -3.87. The zero-order valence-electron chi connectivity index (χ0n) is 7.99. The largest absolute Gasteiger partial charge is 0.481 e. The van der Waals surface area contributed by atoms with Gasteiger partial charge in [0, 0.05) is 6.20 Å². The minimum Gasteiger partial charge on any atom is -0.481 e. The summed E-state index contributed by atoms with van der Waals surface area (Å²) in [5.74, 6) is -1.00. The average molecular weight is 244 g/mol. The van der Waals surface area contributed by atoms with E-state index >= 15 is 0 Å². The predicted octanol–water partition coefficient (Wildman–Crippen LogP) is -0.883. The molecule has 86 valence electrons. The van der Waals surface area contributed by atoms with E-state index in [1.165, 1.54) is 10.9 Å². The number of carboxylic acids is 1. The first kappa shape index (κ1) is 12.0. The van der Waals surface area contributed by atoms with E-state index in [2.05, 4.69) is 5.10 Å². The fourth-order valence-electron chi connectivity index (χ4n) is 0.935. The number of aliphatic carboxylic acids is 1. The summed E-state index contributed by atoms with van der Waals surface area (Å²) >= 11 is 0. The number of nitrogens with zero attached hydrogens (tertiary/aromatic N) is 3. The smallest absolute Gasteiger partial charge is 0.305 e. The molecule has 0 amide bonds. The van der Waals surface area contributed by atoms with E-state index in [1.54, 1.807) is 4.72 Å². The summed E-state index contributed by atoms with van der Waals surface area (Å²) in [7, 11) is -3.87. The van der Waals surface area contributed by atoms with Gasteiger partial charge in [-0.15, -0.1) is 0 Å². The van der Waals surface area contributed by atoms with E-state index in [1.807, 2.05) is 0 Å². The lowest BCUT2D eigenvalue weighted by Crippen LogP contribution is -2.17. The van der Waals surface area contributed by atoms with Crippen LogP contribution in [0.2, 0.25) is 0 Å². The molecule has 8 nitrogen and oxygen atoms in total. The molecule has 0 saturated carbocycles. The highest BCUT2D eigenvalue weighted by Gasteiger charge is 2.15. The van der Waals surface area contributed by atoms with Crippen LogP contribution in [-0.4, -0.2) is 29.3 Å². The molecule has 1 heterocycles. The Hall–Kier alpha value is -2.08. The van der Waals surface area contributed by atoms with Gasteiger partial charge in [0.15, 0.2) is 6.19 Å². The van der Waals surface area contributed by atoms with Crippen LogP contribution >= 0.6 is 0 Å². The second-order valence-electron chi connectivity index (χ2n) is 2.80. The predicted molar refractivity (Wildman–Crippen MR) is 50.4 cm³/mol. The molecule has 0 aromatic carbocycles. The van der Waals surface area contributed by atoms with Crippen LogP contribution in [0.1, 0.15) is 6.42 Å². The number of rotatable bonds is 5. The van der Waals surface area contributed by atoms with Crippen molar-refractivity contribution in [2.75, 3.05) is 0 Å². The fourth-order valence-corrected chi connectivity index (χ4v) is 1.62. The van der Waals surface area contributed by atoms with Crippen molar-refractivity contribution in [3.63, 3.8) is 0 Å². The standard InChI is InChI=1S/C7H8N4O4S/c8-5-10-16(14,15)6-3-9-11(4-6)2-1-7(12)13/h3-4,10H,1-2H2,(H,12,13). The van der Waals surface area contributed by atoms with Crippen LogP contribution in [0.3, 0.4) is 0 Å². The summed E-state index contributed by atoms with van der Waals surface area (Å²) in [6.07, 6.45) is 3.34.